The number of halogens is 2. The molecular weight excluding hydrogens is 479 g/mol. The van der Waals surface area contributed by atoms with Crippen molar-refractivity contribution in [1.82, 2.24) is 10.2 Å². The molecule has 1 aliphatic rings. The molecule has 4 rings (SSSR count). The lowest BCUT2D eigenvalue weighted by molar-refractivity contribution is -0.143. The minimum absolute atomic E-state index is 0.00712. The first kappa shape index (κ1) is 25.7. The number of hydrogen-bond acceptors (Lipinski definition) is 3. The quantitative estimate of drug-likeness (QED) is 0.390. The Morgan fingerprint density at radius 2 is 1.61 bits per heavy atom. The summed E-state index contributed by atoms with van der Waals surface area (Å²) in [7, 11) is 0. The average molecular weight is 509 g/mol. The van der Waals surface area contributed by atoms with E-state index < -0.39 is 24.4 Å². The molecule has 188 valence electrons. The number of nitrogens with zero attached hydrogens (tertiary/aromatic N) is 1. The van der Waals surface area contributed by atoms with E-state index in [9.17, 15) is 14.0 Å². The van der Waals surface area contributed by atoms with Gasteiger partial charge in [0.05, 0.1) is 0 Å². The van der Waals surface area contributed by atoms with Crippen molar-refractivity contribution in [1.29, 1.82) is 0 Å². The molecule has 0 radical (unpaired) electrons. The molecule has 0 aromatic heterocycles. The second-order valence-electron chi connectivity index (χ2n) is 9.06. The third-order valence-corrected chi connectivity index (χ3v) is 6.68. The molecule has 0 spiro atoms. The summed E-state index contributed by atoms with van der Waals surface area (Å²) in [6.07, 6.45) is 4.38. The highest BCUT2D eigenvalue weighted by molar-refractivity contribution is 6.30. The summed E-state index contributed by atoms with van der Waals surface area (Å²) in [5.74, 6) is -1.16. The van der Waals surface area contributed by atoms with Gasteiger partial charge in [0.15, 0.2) is 18.2 Å². The van der Waals surface area contributed by atoms with E-state index in [0.29, 0.717) is 11.4 Å². The number of carbonyl (C=O) groups excluding carboxylic acids is 2. The molecule has 0 unspecified atom stereocenters. The van der Waals surface area contributed by atoms with Gasteiger partial charge in [0.2, 0.25) is 5.91 Å². The van der Waals surface area contributed by atoms with E-state index in [4.69, 9.17) is 16.3 Å². The molecule has 2 amide bonds. The summed E-state index contributed by atoms with van der Waals surface area (Å²) in [4.78, 5) is 28.7. The van der Waals surface area contributed by atoms with Crippen LogP contribution in [0, 0.1) is 5.82 Å². The minimum Gasteiger partial charge on any atom is -0.481 e. The molecule has 3 aromatic carbocycles. The summed E-state index contributed by atoms with van der Waals surface area (Å²) in [5.41, 5.74) is 1.76. The largest absolute Gasteiger partial charge is 0.481 e. The number of amides is 2. The van der Waals surface area contributed by atoms with Gasteiger partial charge in [-0.3, -0.25) is 9.59 Å². The van der Waals surface area contributed by atoms with Crippen LogP contribution >= 0.6 is 11.6 Å². The predicted molar refractivity (Wildman–Crippen MR) is 138 cm³/mol. The maximum absolute atomic E-state index is 14.1. The van der Waals surface area contributed by atoms with Gasteiger partial charge in [-0.25, -0.2) is 4.39 Å². The monoisotopic (exact) mass is 508 g/mol. The molecule has 0 bridgehead atoms. The Labute approximate surface area is 216 Å². The Hall–Kier alpha value is -3.38. The fourth-order valence-corrected chi connectivity index (χ4v) is 4.62. The average Bonchev–Trinajstić information content (AvgIpc) is 3.40. The van der Waals surface area contributed by atoms with Crippen LogP contribution in [0.3, 0.4) is 0 Å². The molecule has 1 fully saturated rings. The Balaban J connectivity index is 1.61. The molecule has 0 heterocycles. The first-order chi connectivity index (χ1) is 17.5. The normalized spacial score (nSPS) is 14.3. The van der Waals surface area contributed by atoms with Gasteiger partial charge in [0.1, 0.15) is 6.04 Å². The van der Waals surface area contributed by atoms with E-state index in [1.807, 2.05) is 42.5 Å². The van der Waals surface area contributed by atoms with E-state index in [1.54, 1.807) is 24.3 Å². The smallest absolute Gasteiger partial charge is 0.261 e. The second-order valence-corrected chi connectivity index (χ2v) is 9.50. The lowest BCUT2D eigenvalue weighted by Gasteiger charge is -2.32. The van der Waals surface area contributed by atoms with Gasteiger partial charge in [0, 0.05) is 24.0 Å². The van der Waals surface area contributed by atoms with Crippen LogP contribution in [0.5, 0.6) is 5.75 Å². The minimum atomic E-state index is -0.764. The van der Waals surface area contributed by atoms with Gasteiger partial charge < -0.3 is 15.0 Å². The van der Waals surface area contributed by atoms with Crippen molar-refractivity contribution in [2.45, 2.75) is 50.7 Å². The molecule has 0 saturated heterocycles. The Morgan fingerprint density at radius 1 is 0.944 bits per heavy atom. The molecule has 36 heavy (non-hydrogen) atoms. The van der Waals surface area contributed by atoms with Crippen molar-refractivity contribution < 1.29 is 18.7 Å². The molecule has 1 atom stereocenters. The van der Waals surface area contributed by atoms with Gasteiger partial charge in [-0.15, -0.1) is 0 Å². The molecular formula is C29H30ClFN2O3. The van der Waals surface area contributed by atoms with Gasteiger partial charge in [-0.2, -0.15) is 0 Å². The number of rotatable bonds is 10. The van der Waals surface area contributed by atoms with Crippen molar-refractivity contribution in [2.75, 3.05) is 6.61 Å². The van der Waals surface area contributed by atoms with E-state index in [0.717, 1.165) is 36.8 Å². The number of carbonyl (C=O) groups is 2. The van der Waals surface area contributed by atoms with Gasteiger partial charge in [0.25, 0.3) is 5.91 Å². The Kier molecular flexibility index (Phi) is 8.95. The summed E-state index contributed by atoms with van der Waals surface area (Å²) in [6.45, 7) is -0.206. The summed E-state index contributed by atoms with van der Waals surface area (Å²) < 4.78 is 19.6. The zero-order valence-corrected chi connectivity index (χ0v) is 20.8. The first-order valence-corrected chi connectivity index (χ1v) is 12.6. The third-order valence-electron chi connectivity index (χ3n) is 6.43. The van der Waals surface area contributed by atoms with Crippen molar-refractivity contribution in [2.24, 2.45) is 0 Å². The van der Waals surface area contributed by atoms with Crippen molar-refractivity contribution in [3.63, 3.8) is 0 Å². The number of hydrogen-bond donors (Lipinski definition) is 1. The highest BCUT2D eigenvalue weighted by Gasteiger charge is 2.32. The maximum Gasteiger partial charge on any atom is 0.261 e. The van der Waals surface area contributed by atoms with Crippen molar-refractivity contribution >= 4 is 23.4 Å². The van der Waals surface area contributed by atoms with Crippen LogP contribution in [0.25, 0.3) is 0 Å². The van der Waals surface area contributed by atoms with Gasteiger partial charge in [-0.1, -0.05) is 79.0 Å². The maximum atomic E-state index is 14.1. The third kappa shape index (κ3) is 7.08. The van der Waals surface area contributed by atoms with Crippen LogP contribution in [0.15, 0.2) is 78.9 Å². The SMILES string of the molecule is O=C(NC1CCCC1)[C@@H](Cc1ccccc1)N(Cc1ccc(Cl)cc1)C(=O)COc1ccccc1F. The lowest BCUT2D eigenvalue weighted by atomic mass is 10.0. The second kappa shape index (κ2) is 12.5. The lowest BCUT2D eigenvalue weighted by Crippen LogP contribution is -2.53. The highest BCUT2D eigenvalue weighted by atomic mass is 35.5. The van der Waals surface area contributed by atoms with E-state index in [2.05, 4.69) is 5.32 Å². The molecule has 3 aromatic rings. The zero-order chi connectivity index (χ0) is 25.3. The molecule has 1 aliphatic carbocycles. The van der Waals surface area contributed by atoms with Crippen molar-refractivity contribution in [3.05, 3.63) is 101 Å². The van der Waals surface area contributed by atoms with Crippen LogP contribution < -0.4 is 10.1 Å². The zero-order valence-electron chi connectivity index (χ0n) is 20.0. The summed E-state index contributed by atoms with van der Waals surface area (Å²) in [6, 6.07) is 22.1. The molecule has 7 heteroatoms. The highest BCUT2D eigenvalue weighted by Crippen LogP contribution is 2.21. The number of benzene rings is 3. The molecule has 1 saturated carbocycles. The van der Waals surface area contributed by atoms with Gasteiger partial charge in [-0.05, 0) is 48.2 Å². The van der Waals surface area contributed by atoms with Crippen LogP contribution in [0.1, 0.15) is 36.8 Å². The summed E-state index contributed by atoms with van der Waals surface area (Å²) in [5, 5.41) is 3.74. The van der Waals surface area contributed by atoms with Crippen LogP contribution in [0.2, 0.25) is 5.02 Å². The van der Waals surface area contributed by atoms with Crippen LogP contribution in [0.4, 0.5) is 4.39 Å². The Morgan fingerprint density at radius 3 is 2.31 bits per heavy atom. The molecule has 5 nitrogen and oxygen atoms in total. The van der Waals surface area contributed by atoms with E-state index in [-0.39, 0.29) is 24.2 Å². The van der Waals surface area contributed by atoms with E-state index in [1.165, 1.54) is 17.0 Å². The first-order valence-electron chi connectivity index (χ1n) is 12.2. The van der Waals surface area contributed by atoms with Crippen LogP contribution in [-0.4, -0.2) is 35.4 Å². The fourth-order valence-electron chi connectivity index (χ4n) is 4.49. The number of ether oxygens (including phenoxy) is 1. The van der Waals surface area contributed by atoms with Crippen LogP contribution in [-0.2, 0) is 22.6 Å². The fraction of sp³-hybridized carbons (Fsp3) is 0.310. The van der Waals surface area contributed by atoms with E-state index >= 15 is 0 Å². The molecule has 0 aliphatic heterocycles. The molecule has 1 N–H and O–H groups in total. The Bertz CT molecular complexity index is 1150. The van der Waals surface area contributed by atoms with Crippen molar-refractivity contribution in [3.8, 4) is 5.75 Å². The standard InChI is InChI=1S/C29H30ClFN2O3/c30-23-16-14-22(15-17-23)19-33(28(34)20-36-27-13-7-6-12-25(27)31)26(18-21-8-2-1-3-9-21)29(35)32-24-10-4-5-11-24/h1-3,6-9,12-17,24,26H,4-5,10-11,18-20H2,(H,32,35)/t26-/m1/s1. The van der Waals surface area contributed by atoms with Gasteiger partial charge >= 0.3 is 0 Å². The predicted octanol–water partition coefficient (Wildman–Crippen LogP) is 5.56. The topological polar surface area (TPSA) is 58.6 Å². The number of nitrogens with one attached hydrogen (secondary N) is 1. The number of para-hydroxylation sites is 1. The summed E-state index contributed by atoms with van der Waals surface area (Å²) >= 11 is 6.06.